The van der Waals surface area contributed by atoms with Crippen LogP contribution in [0.5, 0.6) is 0 Å². The summed E-state index contributed by atoms with van der Waals surface area (Å²) in [4.78, 5) is 10.6. The molecule has 1 aromatic rings. The second-order valence-corrected chi connectivity index (χ2v) is 4.72. The lowest BCUT2D eigenvalue weighted by molar-refractivity contribution is -0.114. The Labute approximate surface area is 96.7 Å². The van der Waals surface area contributed by atoms with E-state index in [-0.39, 0.29) is 5.78 Å². The summed E-state index contributed by atoms with van der Waals surface area (Å²) in [5, 5.41) is 0. The molecule has 0 aliphatic rings. The summed E-state index contributed by atoms with van der Waals surface area (Å²) >= 11 is 4.85. The fourth-order valence-corrected chi connectivity index (χ4v) is 1.95. The minimum Gasteiger partial charge on any atom is -0.299 e. The summed E-state index contributed by atoms with van der Waals surface area (Å²) in [6.07, 6.45) is 0. The molecule has 1 rings (SSSR count). The van der Waals surface area contributed by atoms with Crippen molar-refractivity contribution in [2.24, 2.45) is 0 Å². The van der Waals surface area contributed by atoms with Crippen LogP contribution >= 0.6 is 27.9 Å². The van der Waals surface area contributed by atoms with Crippen LogP contribution in [0.1, 0.15) is 12.5 Å². The minimum atomic E-state index is 0.191. The van der Waals surface area contributed by atoms with Crippen molar-refractivity contribution in [2.45, 2.75) is 13.5 Å². The van der Waals surface area contributed by atoms with Crippen molar-refractivity contribution in [3.8, 4) is 0 Å². The third kappa shape index (κ3) is 4.79. The van der Waals surface area contributed by atoms with Crippen LogP contribution in [0.2, 0.25) is 0 Å². The van der Waals surface area contributed by atoms with Crippen molar-refractivity contribution in [3.05, 3.63) is 34.3 Å². The average molecular weight is 274 g/mol. The Morgan fingerprint density at radius 2 is 2.36 bits per heavy atom. The van der Waals surface area contributed by atoms with Gasteiger partial charge in [0, 0.05) is 11.0 Å². The van der Waals surface area contributed by atoms with Gasteiger partial charge in [-0.05, 0) is 24.6 Å². The number of hydrogen-bond acceptors (Lipinski definition) is 3. The zero-order chi connectivity index (χ0) is 10.4. The highest BCUT2D eigenvalue weighted by Crippen LogP contribution is 2.11. The molecule has 0 aliphatic carbocycles. The molecular weight excluding hydrogens is 262 g/mol. The summed E-state index contributed by atoms with van der Waals surface area (Å²) < 4.78 is 4.21. The van der Waals surface area contributed by atoms with Crippen LogP contribution in [0.15, 0.2) is 28.7 Å². The fourth-order valence-electron chi connectivity index (χ4n) is 0.934. The normalized spacial score (nSPS) is 10.1. The van der Waals surface area contributed by atoms with E-state index in [1.54, 1.807) is 6.92 Å². The summed E-state index contributed by atoms with van der Waals surface area (Å²) in [7, 11) is 0. The molecule has 2 nitrogen and oxygen atoms in total. The minimum absolute atomic E-state index is 0.191. The van der Waals surface area contributed by atoms with Gasteiger partial charge in [-0.1, -0.05) is 40.0 Å². The van der Waals surface area contributed by atoms with E-state index in [2.05, 4.69) is 26.7 Å². The fraction of sp³-hybridized carbons (Fsp3) is 0.300. The Hall–Kier alpha value is -0.320. The highest BCUT2D eigenvalue weighted by atomic mass is 79.9. The molecule has 0 fully saturated rings. The molecule has 0 atom stereocenters. The lowest BCUT2D eigenvalue weighted by Crippen LogP contribution is -2.07. The number of Topliss-reactive ketones (excluding diaryl/α,β-unsaturated/α-hetero) is 1. The number of rotatable bonds is 5. The predicted octanol–water partition coefficient (Wildman–Crippen LogP) is 2.78. The molecule has 4 heteroatoms. The lowest BCUT2D eigenvalue weighted by Gasteiger charge is -2.02. The molecule has 0 bridgehead atoms. The van der Waals surface area contributed by atoms with E-state index in [1.807, 2.05) is 18.2 Å². The zero-order valence-electron chi connectivity index (χ0n) is 7.92. The number of carbonyl (C=O) groups is 1. The van der Waals surface area contributed by atoms with E-state index in [0.717, 1.165) is 11.0 Å². The van der Waals surface area contributed by atoms with Gasteiger partial charge in [-0.15, -0.1) is 0 Å². The number of halogens is 1. The maximum Gasteiger partial charge on any atom is 0.140 e. The second kappa shape index (κ2) is 6.22. The monoisotopic (exact) mass is 273 g/mol. The molecule has 0 unspecified atom stereocenters. The van der Waals surface area contributed by atoms with Crippen LogP contribution in [-0.2, 0) is 11.3 Å². The summed E-state index contributed by atoms with van der Waals surface area (Å²) in [6, 6.07) is 8.09. The quantitative estimate of drug-likeness (QED) is 0.661. The molecule has 0 spiro atoms. The van der Waals surface area contributed by atoms with Crippen LogP contribution in [0, 0.1) is 0 Å². The molecule has 0 saturated heterocycles. The first-order chi connectivity index (χ1) is 6.68. The Kier molecular flexibility index (Phi) is 5.22. The Morgan fingerprint density at radius 1 is 1.57 bits per heavy atom. The topological polar surface area (TPSA) is 29.1 Å². The largest absolute Gasteiger partial charge is 0.299 e. The maximum atomic E-state index is 10.6. The van der Waals surface area contributed by atoms with Gasteiger partial charge in [0.2, 0.25) is 0 Å². The average Bonchev–Trinajstić information content (AvgIpc) is 2.12. The number of ketones is 1. The van der Waals surface area contributed by atoms with Crippen molar-refractivity contribution in [1.29, 1.82) is 0 Å². The predicted molar refractivity (Wildman–Crippen MR) is 64.1 cm³/mol. The van der Waals surface area contributed by atoms with Crippen LogP contribution < -0.4 is 4.72 Å². The molecule has 14 heavy (non-hydrogen) atoms. The smallest absolute Gasteiger partial charge is 0.140 e. The SMILES string of the molecule is CC(=O)CSNCc1cccc(Br)c1. The van der Waals surface area contributed by atoms with Gasteiger partial charge in [0.25, 0.3) is 0 Å². The first kappa shape index (κ1) is 11.8. The number of nitrogens with one attached hydrogen (secondary N) is 1. The van der Waals surface area contributed by atoms with Gasteiger partial charge in [0.05, 0.1) is 5.75 Å². The Balaban J connectivity index is 2.28. The molecule has 0 radical (unpaired) electrons. The maximum absolute atomic E-state index is 10.6. The molecule has 0 aliphatic heterocycles. The third-order valence-electron chi connectivity index (χ3n) is 1.54. The van der Waals surface area contributed by atoms with Gasteiger partial charge in [-0.25, -0.2) is 0 Å². The molecular formula is C10H12BrNOS. The van der Waals surface area contributed by atoms with E-state index in [4.69, 9.17) is 0 Å². The van der Waals surface area contributed by atoms with Gasteiger partial charge in [0.15, 0.2) is 0 Å². The lowest BCUT2D eigenvalue weighted by atomic mass is 10.2. The summed E-state index contributed by atoms with van der Waals surface area (Å²) in [5.74, 6) is 0.713. The third-order valence-corrected chi connectivity index (χ3v) is 2.94. The van der Waals surface area contributed by atoms with Gasteiger partial charge < -0.3 is 0 Å². The molecule has 76 valence electrons. The second-order valence-electron chi connectivity index (χ2n) is 2.94. The van der Waals surface area contributed by atoms with E-state index in [0.29, 0.717) is 5.75 Å². The van der Waals surface area contributed by atoms with Gasteiger partial charge in [0.1, 0.15) is 5.78 Å². The van der Waals surface area contributed by atoms with E-state index < -0.39 is 0 Å². The molecule has 0 saturated carbocycles. The summed E-state index contributed by atoms with van der Waals surface area (Å²) in [6.45, 7) is 2.37. The van der Waals surface area contributed by atoms with Crippen LogP contribution in [0.4, 0.5) is 0 Å². The zero-order valence-corrected chi connectivity index (χ0v) is 10.3. The van der Waals surface area contributed by atoms with Crippen molar-refractivity contribution in [3.63, 3.8) is 0 Å². The van der Waals surface area contributed by atoms with Crippen LogP contribution in [0.25, 0.3) is 0 Å². The van der Waals surface area contributed by atoms with Crippen molar-refractivity contribution >= 4 is 33.7 Å². The highest BCUT2D eigenvalue weighted by molar-refractivity contribution is 9.10. The standard InChI is InChI=1S/C10H12BrNOS/c1-8(13)7-14-12-6-9-3-2-4-10(11)5-9/h2-5,12H,6-7H2,1H3. The van der Waals surface area contributed by atoms with E-state index >= 15 is 0 Å². The highest BCUT2D eigenvalue weighted by Gasteiger charge is 1.95. The van der Waals surface area contributed by atoms with Crippen LogP contribution in [-0.4, -0.2) is 11.5 Å². The van der Waals surface area contributed by atoms with E-state index in [9.17, 15) is 4.79 Å². The Morgan fingerprint density at radius 3 is 3.00 bits per heavy atom. The van der Waals surface area contributed by atoms with Gasteiger partial charge in [-0.2, -0.15) is 0 Å². The number of carbonyl (C=O) groups excluding carboxylic acids is 1. The van der Waals surface area contributed by atoms with Gasteiger partial charge >= 0.3 is 0 Å². The first-order valence-electron chi connectivity index (χ1n) is 4.27. The van der Waals surface area contributed by atoms with Crippen molar-refractivity contribution < 1.29 is 4.79 Å². The van der Waals surface area contributed by atoms with Gasteiger partial charge in [-0.3, -0.25) is 9.52 Å². The molecule has 0 aromatic heterocycles. The summed E-state index contributed by atoms with van der Waals surface area (Å²) in [5.41, 5.74) is 1.20. The van der Waals surface area contributed by atoms with Crippen molar-refractivity contribution in [2.75, 3.05) is 5.75 Å². The Bertz CT molecular complexity index is 317. The molecule has 1 N–H and O–H groups in total. The number of benzene rings is 1. The van der Waals surface area contributed by atoms with Crippen molar-refractivity contribution in [1.82, 2.24) is 4.72 Å². The molecule has 0 heterocycles. The molecule has 1 aromatic carbocycles. The molecule has 0 amide bonds. The first-order valence-corrected chi connectivity index (χ1v) is 6.05. The van der Waals surface area contributed by atoms with E-state index in [1.165, 1.54) is 17.5 Å². The number of hydrogen-bond donors (Lipinski definition) is 1. The van der Waals surface area contributed by atoms with Crippen LogP contribution in [0.3, 0.4) is 0 Å².